The summed E-state index contributed by atoms with van der Waals surface area (Å²) in [5.74, 6) is -0.0662. The molecule has 2 fully saturated rings. The van der Waals surface area contributed by atoms with Crippen LogP contribution in [0.5, 0.6) is 0 Å². The zero-order valence-corrected chi connectivity index (χ0v) is 12.8. The van der Waals surface area contributed by atoms with Crippen molar-refractivity contribution in [2.45, 2.75) is 38.8 Å². The number of imidazole rings is 1. The minimum Gasteiger partial charge on any atom is -0.480 e. The van der Waals surface area contributed by atoms with Gasteiger partial charge in [0.15, 0.2) is 0 Å². The molecule has 3 rings (SSSR count). The van der Waals surface area contributed by atoms with Crippen molar-refractivity contribution < 1.29 is 14.7 Å². The molecule has 1 atom stereocenters. The maximum absolute atomic E-state index is 11.7. The third-order valence-corrected chi connectivity index (χ3v) is 5.04. The zero-order chi connectivity index (χ0) is 15.7. The number of aromatic amines is 1. The number of carboxylic acids is 1. The maximum Gasteiger partial charge on any atom is 0.326 e. The lowest BCUT2D eigenvalue weighted by atomic mass is 9.76. The standard InChI is InChI=1S/C15H22N4O3/c1-11(20)19-10-15(8-12(19)14(21)22)2-6-18(7-3-15)9-13-16-4-5-17-13/h4-5,12H,2-3,6-10H2,1H3,(H,16,17)(H,21,22)/t12-/m1/s1. The average Bonchev–Trinajstić information content (AvgIpc) is 3.10. The first-order valence-corrected chi connectivity index (χ1v) is 7.70. The SMILES string of the molecule is CC(=O)N1CC2(CCN(Cc3ncc[nH]3)CC2)C[C@@H]1C(=O)O. The molecular formula is C15H22N4O3. The molecule has 0 saturated carbocycles. The first-order chi connectivity index (χ1) is 10.5. The predicted octanol–water partition coefficient (Wildman–Crippen LogP) is 0.697. The number of likely N-dealkylation sites (tertiary alicyclic amines) is 2. The largest absolute Gasteiger partial charge is 0.480 e. The van der Waals surface area contributed by atoms with E-state index in [4.69, 9.17) is 0 Å². The highest BCUT2D eigenvalue weighted by Crippen LogP contribution is 2.43. The molecule has 1 aromatic heterocycles. The van der Waals surface area contributed by atoms with Gasteiger partial charge in [0, 0.05) is 25.9 Å². The summed E-state index contributed by atoms with van der Waals surface area (Å²) in [6, 6.07) is -0.658. The summed E-state index contributed by atoms with van der Waals surface area (Å²) in [5, 5.41) is 9.35. The monoisotopic (exact) mass is 306 g/mol. The second-order valence-corrected chi connectivity index (χ2v) is 6.52. The van der Waals surface area contributed by atoms with Crippen LogP contribution in [0.3, 0.4) is 0 Å². The number of hydrogen-bond donors (Lipinski definition) is 2. The molecule has 7 heteroatoms. The van der Waals surface area contributed by atoms with Gasteiger partial charge in [-0.25, -0.2) is 9.78 Å². The number of H-pyrrole nitrogens is 1. The van der Waals surface area contributed by atoms with Crippen LogP contribution in [-0.2, 0) is 16.1 Å². The van der Waals surface area contributed by atoms with E-state index in [0.717, 1.165) is 38.3 Å². The average molecular weight is 306 g/mol. The summed E-state index contributed by atoms with van der Waals surface area (Å²) >= 11 is 0. The normalized spacial score (nSPS) is 24.8. The molecule has 0 bridgehead atoms. The highest BCUT2D eigenvalue weighted by Gasteiger charge is 2.49. The highest BCUT2D eigenvalue weighted by molar-refractivity contribution is 5.83. The van der Waals surface area contributed by atoms with Gasteiger partial charge in [0.2, 0.25) is 5.91 Å². The van der Waals surface area contributed by atoms with E-state index in [1.54, 1.807) is 6.20 Å². The fourth-order valence-electron chi connectivity index (χ4n) is 3.75. The molecule has 1 amide bonds. The van der Waals surface area contributed by atoms with Gasteiger partial charge in [0.25, 0.3) is 0 Å². The fraction of sp³-hybridized carbons (Fsp3) is 0.667. The van der Waals surface area contributed by atoms with Crippen LogP contribution in [0.2, 0.25) is 0 Å². The zero-order valence-electron chi connectivity index (χ0n) is 12.8. The molecule has 2 N–H and O–H groups in total. The Labute approximate surface area is 129 Å². The van der Waals surface area contributed by atoms with Gasteiger partial charge in [-0.15, -0.1) is 0 Å². The predicted molar refractivity (Wildman–Crippen MR) is 79.0 cm³/mol. The number of carbonyl (C=O) groups is 2. The Morgan fingerprint density at radius 1 is 1.45 bits per heavy atom. The highest BCUT2D eigenvalue weighted by atomic mass is 16.4. The van der Waals surface area contributed by atoms with E-state index >= 15 is 0 Å². The first kappa shape index (κ1) is 15.0. The Kier molecular flexibility index (Phi) is 3.90. The lowest BCUT2D eigenvalue weighted by Crippen LogP contribution is -2.42. The number of carbonyl (C=O) groups excluding carboxylic acids is 1. The van der Waals surface area contributed by atoms with Gasteiger partial charge < -0.3 is 15.0 Å². The van der Waals surface area contributed by atoms with E-state index in [-0.39, 0.29) is 11.3 Å². The summed E-state index contributed by atoms with van der Waals surface area (Å²) in [6.45, 7) is 4.66. The van der Waals surface area contributed by atoms with Crippen LogP contribution in [0.25, 0.3) is 0 Å². The van der Waals surface area contributed by atoms with Crippen molar-refractivity contribution in [3.8, 4) is 0 Å². The van der Waals surface area contributed by atoms with E-state index < -0.39 is 12.0 Å². The first-order valence-electron chi connectivity index (χ1n) is 7.70. The van der Waals surface area contributed by atoms with Gasteiger partial charge in [0.1, 0.15) is 11.9 Å². The molecule has 0 unspecified atom stereocenters. The van der Waals surface area contributed by atoms with Gasteiger partial charge in [-0.3, -0.25) is 9.69 Å². The molecule has 120 valence electrons. The van der Waals surface area contributed by atoms with E-state index in [2.05, 4.69) is 14.9 Å². The number of aliphatic carboxylic acids is 1. The molecule has 0 aromatic carbocycles. The van der Waals surface area contributed by atoms with Crippen LogP contribution < -0.4 is 0 Å². The van der Waals surface area contributed by atoms with Crippen molar-refractivity contribution in [2.75, 3.05) is 19.6 Å². The smallest absolute Gasteiger partial charge is 0.326 e. The Morgan fingerprint density at radius 2 is 2.18 bits per heavy atom. The molecule has 2 aliphatic heterocycles. The Balaban J connectivity index is 1.62. The molecule has 2 saturated heterocycles. The number of aromatic nitrogens is 2. The van der Waals surface area contributed by atoms with Crippen LogP contribution in [0.1, 0.15) is 32.0 Å². The lowest BCUT2D eigenvalue weighted by Gasteiger charge is -2.38. The molecule has 1 aromatic rings. The summed E-state index contributed by atoms with van der Waals surface area (Å²) in [6.07, 6.45) is 6.01. The molecule has 22 heavy (non-hydrogen) atoms. The fourth-order valence-corrected chi connectivity index (χ4v) is 3.75. The van der Waals surface area contributed by atoms with Gasteiger partial charge in [-0.1, -0.05) is 0 Å². The van der Waals surface area contributed by atoms with E-state index in [1.165, 1.54) is 11.8 Å². The number of rotatable bonds is 3. The topological polar surface area (TPSA) is 89.5 Å². The molecule has 1 spiro atoms. The molecular weight excluding hydrogens is 284 g/mol. The summed E-state index contributed by atoms with van der Waals surface area (Å²) in [4.78, 5) is 34.3. The third-order valence-electron chi connectivity index (χ3n) is 5.04. The van der Waals surface area contributed by atoms with Crippen LogP contribution in [0, 0.1) is 5.41 Å². The van der Waals surface area contributed by atoms with Crippen molar-refractivity contribution in [3.63, 3.8) is 0 Å². The lowest BCUT2D eigenvalue weighted by molar-refractivity contribution is -0.147. The van der Waals surface area contributed by atoms with Crippen LogP contribution >= 0.6 is 0 Å². The molecule has 0 aliphatic carbocycles. The van der Waals surface area contributed by atoms with Crippen LogP contribution in [-0.4, -0.2) is 62.4 Å². The Hall–Kier alpha value is -1.89. The van der Waals surface area contributed by atoms with E-state index in [9.17, 15) is 14.7 Å². The van der Waals surface area contributed by atoms with Gasteiger partial charge >= 0.3 is 5.97 Å². The molecule has 3 heterocycles. The number of piperidine rings is 1. The number of nitrogens with one attached hydrogen (secondary N) is 1. The second-order valence-electron chi connectivity index (χ2n) is 6.52. The third kappa shape index (κ3) is 2.85. The minimum absolute atomic E-state index is 0.0333. The Morgan fingerprint density at radius 3 is 2.68 bits per heavy atom. The summed E-state index contributed by atoms with van der Waals surface area (Å²) in [7, 11) is 0. The maximum atomic E-state index is 11.7. The molecule has 2 aliphatic rings. The van der Waals surface area contributed by atoms with Crippen molar-refractivity contribution in [1.29, 1.82) is 0 Å². The number of hydrogen-bond acceptors (Lipinski definition) is 4. The van der Waals surface area contributed by atoms with Crippen molar-refractivity contribution in [1.82, 2.24) is 19.8 Å². The van der Waals surface area contributed by atoms with Crippen molar-refractivity contribution in [2.24, 2.45) is 5.41 Å². The molecule has 0 radical (unpaired) electrons. The van der Waals surface area contributed by atoms with Gasteiger partial charge in [-0.2, -0.15) is 0 Å². The number of amides is 1. The van der Waals surface area contributed by atoms with E-state index in [1.807, 2.05) is 6.20 Å². The van der Waals surface area contributed by atoms with Gasteiger partial charge in [-0.05, 0) is 37.8 Å². The summed E-state index contributed by atoms with van der Waals surface area (Å²) in [5.41, 5.74) is -0.0333. The molecule has 7 nitrogen and oxygen atoms in total. The Bertz CT molecular complexity index is 525. The summed E-state index contributed by atoms with van der Waals surface area (Å²) < 4.78 is 0. The number of nitrogens with zero attached hydrogens (tertiary/aromatic N) is 3. The van der Waals surface area contributed by atoms with Gasteiger partial charge in [0.05, 0.1) is 6.54 Å². The number of carboxylic acid groups (broad SMARTS) is 1. The van der Waals surface area contributed by atoms with E-state index in [0.29, 0.717) is 13.0 Å². The van der Waals surface area contributed by atoms with Crippen molar-refractivity contribution in [3.05, 3.63) is 18.2 Å². The second kappa shape index (κ2) is 5.72. The van der Waals surface area contributed by atoms with Crippen LogP contribution in [0.4, 0.5) is 0 Å². The minimum atomic E-state index is -0.884. The van der Waals surface area contributed by atoms with Crippen LogP contribution in [0.15, 0.2) is 12.4 Å². The van der Waals surface area contributed by atoms with Crippen molar-refractivity contribution >= 4 is 11.9 Å². The quantitative estimate of drug-likeness (QED) is 0.858.